The van der Waals surface area contributed by atoms with Crippen molar-refractivity contribution in [1.29, 1.82) is 0 Å². The van der Waals surface area contributed by atoms with Crippen molar-refractivity contribution in [2.45, 2.75) is 6.61 Å². The smallest absolute Gasteiger partial charge is 0.483 e. The minimum Gasteiger partial charge on any atom is -0.483 e. The lowest BCUT2D eigenvalue weighted by Gasteiger charge is -2.09. The van der Waals surface area contributed by atoms with Crippen LogP contribution in [-0.2, 0) is 6.61 Å². The van der Waals surface area contributed by atoms with Gasteiger partial charge in [-0.2, -0.15) is 0 Å². The predicted molar refractivity (Wildman–Crippen MR) is 67.0 cm³/mol. The first-order chi connectivity index (χ1) is 9.08. The van der Waals surface area contributed by atoms with Gasteiger partial charge in [-0.3, -0.25) is 0 Å². The van der Waals surface area contributed by atoms with Crippen molar-refractivity contribution < 1.29 is 23.6 Å². The van der Waals surface area contributed by atoms with Crippen molar-refractivity contribution in [3.63, 3.8) is 0 Å². The molecule has 0 aromatic heterocycles. The molecule has 0 aliphatic carbocycles. The SMILES string of the molecule is OB(O)c1cccc(COc2c(F)cccc2F)c1. The van der Waals surface area contributed by atoms with Gasteiger partial charge in [0, 0.05) is 0 Å². The van der Waals surface area contributed by atoms with E-state index in [1.54, 1.807) is 12.1 Å². The third-order valence-electron chi connectivity index (χ3n) is 2.55. The van der Waals surface area contributed by atoms with E-state index in [1.165, 1.54) is 18.2 Å². The van der Waals surface area contributed by atoms with E-state index in [0.717, 1.165) is 12.1 Å². The topological polar surface area (TPSA) is 49.7 Å². The molecule has 0 heterocycles. The fourth-order valence-corrected chi connectivity index (χ4v) is 1.62. The average molecular weight is 264 g/mol. The molecule has 0 radical (unpaired) electrons. The highest BCUT2D eigenvalue weighted by Gasteiger charge is 2.12. The third kappa shape index (κ3) is 3.30. The summed E-state index contributed by atoms with van der Waals surface area (Å²) in [6.07, 6.45) is 0. The number of rotatable bonds is 4. The zero-order valence-corrected chi connectivity index (χ0v) is 9.88. The van der Waals surface area contributed by atoms with Crippen molar-refractivity contribution in [3.8, 4) is 5.75 Å². The summed E-state index contributed by atoms with van der Waals surface area (Å²) < 4.78 is 31.7. The summed E-state index contributed by atoms with van der Waals surface area (Å²) in [5, 5.41) is 18.0. The Hall–Kier alpha value is -1.92. The Bertz CT molecular complexity index is 555. The Kier molecular flexibility index (Phi) is 4.14. The van der Waals surface area contributed by atoms with E-state index >= 15 is 0 Å². The van der Waals surface area contributed by atoms with Crippen LogP contribution in [0, 0.1) is 11.6 Å². The van der Waals surface area contributed by atoms with Crippen molar-refractivity contribution in [1.82, 2.24) is 0 Å². The first-order valence-electron chi connectivity index (χ1n) is 5.59. The maximum atomic E-state index is 13.3. The molecule has 0 aliphatic heterocycles. The minimum atomic E-state index is -1.59. The van der Waals surface area contributed by atoms with E-state index < -0.39 is 24.5 Å². The highest BCUT2D eigenvalue weighted by molar-refractivity contribution is 6.58. The van der Waals surface area contributed by atoms with Crippen LogP contribution in [0.15, 0.2) is 42.5 Å². The van der Waals surface area contributed by atoms with Gasteiger partial charge >= 0.3 is 7.12 Å². The number of hydrogen-bond donors (Lipinski definition) is 2. The Morgan fingerprint density at radius 3 is 2.26 bits per heavy atom. The third-order valence-corrected chi connectivity index (χ3v) is 2.55. The van der Waals surface area contributed by atoms with Crippen LogP contribution in [0.2, 0.25) is 0 Å². The summed E-state index contributed by atoms with van der Waals surface area (Å²) in [5.41, 5.74) is 0.864. The molecule has 0 spiro atoms. The van der Waals surface area contributed by atoms with Crippen molar-refractivity contribution >= 4 is 12.6 Å². The molecule has 3 nitrogen and oxygen atoms in total. The predicted octanol–water partition coefficient (Wildman–Crippen LogP) is 1.22. The zero-order valence-electron chi connectivity index (χ0n) is 9.88. The number of halogens is 2. The maximum absolute atomic E-state index is 13.3. The second-order valence-electron chi connectivity index (χ2n) is 3.96. The molecule has 19 heavy (non-hydrogen) atoms. The first-order valence-corrected chi connectivity index (χ1v) is 5.59. The Labute approximate surface area is 109 Å². The van der Waals surface area contributed by atoms with E-state index in [9.17, 15) is 8.78 Å². The number of benzene rings is 2. The molecule has 0 saturated heterocycles. The molecule has 0 unspecified atom stereocenters. The Morgan fingerprint density at radius 1 is 1.00 bits per heavy atom. The van der Waals surface area contributed by atoms with Gasteiger partial charge in [-0.05, 0) is 23.2 Å². The molecule has 2 aromatic carbocycles. The van der Waals surface area contributed by atoms with Gasteiger partial charge in [-0.25, -0.2) is 8.78 Å². The molecule has 0 amide bonds. The Morgan fingerprint density at radius 2 is 1.63 bits per heavy atom. The van der Waals surface area contributed by atoms with E-state index in [0.29, 0.717) is 5.56 Å². The van der Waals surface area contributed by atoms with Gasteiger partial charge in [-0.15, -0.1) is 0 Å². The van der Waals surface area contributed by atoms with Gasteiger partial charge in [0.05, 0.1) is 0 Å². The highest BCUT2D eigenvalue weighted by atomic mass is 19.1. The fourth-order valence-electron chi connectivity index (χ4n) is 1.62. The quantitative estimate of drug-likeness (QED) is 0.816. The highest BCUT2D eigenvalue weighted by Crippen LogP contribution is 2.21. The molecular weight excluding hydrogens is 253 g/mol. The molecule has 98 valence electrons. The summed E-state index contributed by atoms with van der Waals surface area (Å²) in [4.78, 5) is 0. The maximum Gasteiger partial charge on any atom is 0.488 e. The van der Waals surface area contributed by atoms with Crippen LogP contribution < -0.4 is 10.2 Å². The van der Waals surface area contributed by atoms with Gasteiger partial charge in [-0.1, -0.05) is 30.3 Å². The van der Waals surface area contributed by atoms with Crippen LogP contribution in [0.5, 0.6) is 5.75 Å². The summed E-state index contributed by atoms with van der Waals surface area (Å²) >= 11 is 0. The number of hydrogen-bond acceptors (Lipinski definition) is 3. The van der Waals surface area contributed by atoms with Crippen LogP contribution in [0.3, 0.4) is 0 Å². The van der Waals surface area contributed by atoms with Crippen LogP contribution in [0.25, 0.3) is 0 Å². The van der Waals surface area contributed by atoms with Crippen LogP contribution >= 0.6 is 0 Å². The molecule has 0 fully saturated rings. The normalized spacial score (nSPS) is 10.3. The van der Waals surface area contributed by atoms with Crippen LogP contribution in [0.1, 0.15) is 5.56 Å². The van der Waals surface area contributed by atoms with E-state index in [4.69, 9.17) is 14.8 Å². The minimum absolute atomic E-state index is 0.0710. The molecular formula is C13H11BF2O3. The molecule has 0 bridgehead atoms. The summed E-state index contributed by atoms with van der Waals surface area (Å²) in [6.45, 7) is -0.0710. The largest absolute Gasteiger partial charge is 0.488 e. The van der Waals surface area contributed by atoms with Gasteiger partial charge in [0.15, 0.2) is 17.4 Å². The van der Waals surface area contributed by atoms with Crippen molar-refractivity contribution in [3.05, 3.63) is 59.7 Å². The fraction of sp³-hybridized carbons (Fsp3) is 0.0769. The number of para-hydroxylation sites is 1. The van der Waals surface area contributed by atoms with Gasteiger partial charge in [0.2, 0.25) is 0 Å². The monoisotopic (exact) mass is 264 g/mol. The van der Waals surface area contributed by atoms with E-state index in [2.05, 4.69) is 0 Å². The van der Waals surface area contributed by atoms with E-state index in [-0.39, 0.29) is 12.1 Å². The first kappa shape index (κ1) is 13.5. The molecule has 6 heteroatoms. The van der Waals surface area contributed by atoms with E-state index in [1.807, 2.05) is 0 Å². The lowest BCUT2D eigenvalue weighted by atomic mass is 9.80. The molecule has 0 saturated carbocycles. The molecule has 0 aliphatic rings. The lowest BCUT2D eigenvalue weighted by molar-refractivity contribution is 0.274. The number of ether oxygens (including phenoxy) is 1. The molecule has 2 rings (SSSR count). The van der Waals surface area contributed by atoms with Crippen LogP contribution in [-0.4, -0.2) is 17.2 Å². The second-order valence-corrected chi connectivity index (χ2v) is 3.96. The van der Waals surface area contributed by atoms with Gasteiger partial charge < -0.3 is 14.8 Å². The summed E-state index contributed by atoms with van der Waals surface area (Å²) in [7, 11) is -1.59. The van der Waals surface area contributed by atoms with Gasteiger partial charge in [0.25, 0.3) is 0 Å². The zero-order chi connectivity index (χ0) is 13.8. The molecule has 2 N–H and O–H groups in total. The van der Waals surface area contributed by atoms with Crippen molar-refractivity contribution in [2.75, 3.05) is 0 Å². The van der Waals surface area contributed by atoms with Crippen LogP contribution in [0.4, 0.5) is 8.78 Å². The second kappa shape index (κ2) is 5.82. The molecule has 0 atom stereocenters. The summed E-state index contributed by atoms with van der Waals surface area (Å²) in [5.74, 6) is -2.01. The van der Waals surface area contributed by atoms with Crippen molar-refractivity contribution in [2.24, 2.45) is 0 Å². The Balaban J connectivity index is 2.12. The summed E-state index contributed by atoms with van der Waals surface area (Å²) in [6, 6.07) is 9.73. The van der Waals surface area contributed by atoms with Gasteiger partial charge in [0.1, 0.15) is 6.61 Å². The molecule has 2 aromatic rings. The average Bonchev–Trinajstić information content (AvgIpc) is 2.38. The lowest BCUT2D eigenvalue weighted by Crippen LogP contribution is -2.29. The standard InChI is InChI=1S/C13H11BF2O3/c15-11-5-2-6-12(16)13(11)19-8-9-3-1-4-10(7-9)14(17)18/h1-7,17-18H,8H2.